The molecule has 0 amide bonds. The zero-order chi connectivity index (χ0) is 8.81. The summed E-state index contributed by atoms with van der Waals surface area (Å²) in [5.41, 5.74) is 1.77. The van der Waals surface area contributed by atoms with Gasteiger partial charge in [0, 0.05) is 5.57 Å². The minimum atomic E-state index is 0.776. The van der Waals surface area contributed by atoms with Crippen molar-refractivity contribution in [1.29, 1.82) is 0 Å². The molecule has 0 spiro atoms. The lowest BCUT2D eigenvalue weighted by Crippen LogP contribution is -1.84. The summed E-state index contributed by atoms with van der Waals surface area (Å²) >= 11 is 0. The molecule has 62 valence electrons. The first-order valence-corrected chi connectivity index (χ1v) is 4.09. The summed E-state index contributed by atoms with van der Waals surface area (Å²) in [7, 11) is 0. The number of rotatable bonds is 3. The monoisotopic (exact) mass is 160 g/mol. The Labute approximate surface area is 72.7 Å². The molecule has 1 aromatic carbocycles. The third-order valence-corrected chi connectivity index (χ3v) is 1.66. The van der Waals surface area contributed by atoms with Gasteiger partial charge in [0.2, 0.25) is 0 Å². The Morgan fingerprint density at radius 2 is 2.00 bits per heavy atom. The van der Waals surface area contributed by atoms with Crippen molar-refractivity contribution in [3.05, 3.63) is 42.0 Å². The van der Waals surface area contributed by atoms with Crippen molar-refractivity contribution in [3.63, 3.8) is 0 Å². The maximum absolute atomic E-state index is 10.6. The molecule has 0 fully saturated rings. The van der Waals surface area contributed by atoms with Gasteiger partial charge in [0.05, 0.1) is 0 Å². The van der Waals surface area contributed by atoms with Crippen LogP contribution in [-0.4, -0.2) is 6.29 Å². The minimum absolute atomic E-state index is 0.776. The molecule has 0 aliphatic carbocycles. The van der Waals surface area contributed by atoms with Crippen LogP contribution in [0.4, 0.5) is 0 Å². The van der Waals surface area contributed by atoms with Crippen LogP contribution in [0.25, 0.3) is 5.57 Å². The molecule has 0 unspecified atom stereocenters. The molecule has 0 atom stereocenters. The van der Waals surface area contributed by atoms with E-state index in [0.29, 0.717) is 0 Å². The van der Waals surface area contributed by atoms with Gasteiger partial charge in [0.1, 0.15) is 6.29 Å². The summed E-state index contributed by atoms with van der Waals surface area (Å²) in [6.07, 6.45) is 3.73. The van der Waals surface area contributed by atoms with E-state index in [1.807, 2.05) is 43.3 Å². The van der Waals surface area contributed by atoms with Crippen molar-refractivity contribution in [1.82, 2.24) is 0 Å². The normalized spacial score (nSPS) is 11.2. The molecule has 0 bridgehead atoms. The fourth-order valence-corrected chi connectivity index (χ4v) is 1.08. The average Bonchev–Trinajstić information content (AvgIpc) is 2.15. The largest absolute Gasteiger partial charge is 0.298 e. The predicted molar refractivity (Wildman–Crippen MR) is 50.8 cm³/mol. The van der Waals surface area contributed by atoms with Gasteiger partial charge in [-0.05, 0) is 12.0 Å². The highest BCUT2D eigenvalue weighted by atomic mass is 16.1. The number of carbonyl (C=O) groups excluding carboxylic acids is 1. The zero-order valence-corrected chi connectivity index (χ0v) is 7.16. The third kappa shape index (κ3) is 2.06. The summed E-state index contributed by atoms with van der Waals surface area (Å²) in [6, 6.07) is 9.69. The first kappa shape index (κ1) is 8.72. The molecule has 0 aliphatic heterocycles. The second kappa shape index (κ2) is 4.50. The van der Waals surface area contributed by atoms with Gasteiger partial charge in [-0.15, -0.1) is 0 Å². The molecule has 1 aromatic rings. The number of allylic oxidation sites excluding steroid dienone is 2. The van der Waals surface area contributed by atoms with Crippen LogP contribution in [0, 0.1) is 0 Å². The van der Waals surface area contributed by atoms with Gasteiger partial charge in [-0.25, -0.2) is 0 Å². The van der Waals surface area contributed by atoms with Crippen LogP contribution >= 0.6 is 0 Å². The predicted octanol–water partition coefficient (Wildman–Crippen LogP) is 2.68. The van der Waals surface area contributed by atoms with Gasteiger partial charge in [0.15, 0.2) is 0 Å². The first-order valence-electron chi connectivity index (χ1n) is 4.09. The van der Waals surface area contributed by atoms with E-state index in [2.05, 4.69) is 0 Å². The first-order chi connectivity index (χ1) is 5.88. The Morgan fingerprint density at radius 1 is 1.33 bits per heavy atom. The maximum Gasteiger partial charge on any atom is 0.150 e. The molecule has 0 saturated heterocycles. The quantitative estimate of drug-likeness (QED) is 0.490. The Kier molecular flexibility index (Phi) is 3.27. The summed E-state index contributed by atoms with van der Waals surface area (Å²) in [6.45, 7) is 2.02. The minimum Gasteiger partial charge on any atom is -0.298 e. The second-order valence-corrected chi connectivity index (χ2v) is 2.55. The topological polar surface area (TPSA) is 17.1 Å². The molecule has 12 heavy (non-hydrogen) atoms. The van der Waals surface area contributed by atoms with E-state index in [4.69, 9.17) is 0 Å². The van der Waals surface area contributed by atoms with Crippen LogP contribution in [0.1, 0.15) is 18.9 Å². The molecule has 0 N–H and O–H groups in total. The summed E-state index contributed by atoms with van der Waals surface area (Å²) in [5, 5.41) is 0. The van der Waals surface area contributed by atoms with Gasteiger partial charge < -0.3 is 0 Å². The van der Waals surface area contributed by atoms with Crippen LogP contribution in [-0.2, 0) is 4.79 Å². The number of aldehydes is 1. The van der Waals surface area contributed by atoms with E-state index in [1.54, 1.807) is 0 Å². The highest BCUT2D eigenvalue weighted by Gasteiger charge is 1.95. The molecule has 0 radical (unpaired) electrons. The van der Waals surface area contributed by atoms with Gasteiger partial charge in [-0.1, -0.05) is 43.3 Å². The average molecular weight is 160 g/mol. The van der Waals surface area contributed by atoms with E-state index >= 15 is 0 Å². The second-order valence-electron chi connectivity index (χ2n) is 2.55. The molecule has 1 nitrogen and oxygen atoms in total. The third-order valence-electron chi connectivity index (χ3n) is 1.66. The van der Waals surface area contributed by atoms with Crippen molar-refractivity contribution in [2.24, 2.45) is 0 Å². The smallest absolute Gasteiger partial charge is 0.150 e. The molecular formula is C11H12O. The Bertz CT molecular complexity index is 272. The maximum atomic E-state index is 10.6. The van der Waals surface area contributed by atoms with Crippen molar-refractivity contribution in [2.45, 2.75) is 13.3 Å². The van der Waals surface area contributed by atoms with Crippen LogP contribution < -0.4 is 0 Å². The number of hydrogen-bond donors (Lipinski definition) is 0. The Balaban J connectivity index is 2.96. The fourth-order valence-electron chi connectivity index (χ4n) is 1.08. The lowest BCUT2D eigenvalue weighted by molar-refractivity contribution is -0.103. The van der Waals surface area contributed by atoms with Gasteiger partial charge in [-0.3, -0.25) is 4.79 Å². The van der Waals surface area contributed by atoms with Gasteiger partial charge in [-0.2, -0.15) is 0 Å². The molecule has 1 heteroatoms. The fraction of sp³-hybridized carbons (Fsp3) is 0.182. The molecule has 1 rings (SSSR count). The van der Waals surface area contributed by atoms with E-state index in [-0.39, 0.29) is 0 Å². The van der Waals surface area contributed by atoms with Gasteiger partial charge in [0.25, 0.3) is 0 Å². The number of carbonyl (C=O) groups is 1. The van der Waals surface area contributed by atoms with Crippen LogP contribution in [0.3, 0.4) is 0 Å². The molecule has 0 heterocycles. The van der Waals surface area contributed by atoms with Crippen LogP contribution in [0.5, 0.6) is 0 Å². The lowest BCUT2D eigenvalue weighted by Gasteiger charge is -1.97. The highest BCUT2D eigenvalue weighted by molar-refractivity contribution is 6.06. The highest BCUT2D eigenvalue weighted by Crippen LogP contribution is 2.11. The summed E-state index contributed by atoms with van der Waals surface area (Å²) in [5.74, 6) is 0. The summed E-state index contributed by atoms with van der Waals surface area (Å²) in [4.78, 5) is 10.6. The van der Waals surface area contributed by atoms with E-state index in [0.717, 1.165) is 23.8 Å². The molecular weight excluding hydrogens is 148 g/mol. The molecule has 0 saturated carbocycles. The Morgan fingerprint density at radius 3 is 2.50 bits per heavy atom. The van der Waals surface area contributed by atoms with Crippen molar-refractivity contribution in [2.75, 3.05) is 0 Å². The standard InChI is InChI=1S/C11H12O/c1-2-6-11(9-12)10-7-4-3-5-8-10/h3-9H,2H2,1H3. The van der Waals surface area contributed by atoms with Crippen molar-refractivity contribution in [3.8, 4) is 0 Å². The number of benzene rings is 1. The molecule has 0 aliphatic rings. The van der Waals surface area contributed by atoms with E-state index in [9.17, 15) is 4.79 Å². The summed E-state index contributed by atoms with van der Waals surface area (Å²) < 4.78 is 0. The SMILES string of the molecule is CCC=C(C=O)c1ccccc1. The van der Waals surface area contributed by atoms with Crippen molar-refractivity contribution >= 4 is 11.9 Å². The van der Waals surface area contributed by atoms with Gasteiger partial charge >= 0.3 is 0 Å². The lowest BCUT2D eigenvalue weighted by atomic mass is 10.1. The zero-order valence-electron chi connectivity index (χ0n) is 7.16. The van der Waals surface area contributed by atoms with Crippen LogP contribution in [0.15, 0.2) is 36.4 Å². The van der Waals surface area contributed by atoms with E-state index < -0.39 is 0 Å². The van der Waals surface area contributed by atoms with Crippen LogP contribution in [0.2, 0.25) is 0 Å². The van der Waals surface area contributed by atoms with Crippen molar-refractivity contribution < 1.29 is 4.79 Å². The number of hydrogen-bond acceptors (Lipinski definition) is 1. The molecule has 0 aromatic heterocycles. The van der Waals surface area contributed by atoms with E-state index in [1.165, 1.54) is 0 Å². The Hall–Kier alpha value is -1.37.